The molecule has 1 atom stereocenters. The van der Waals surface area contributed by atoms with Crippen LogP contribution in [0.2, 0.25) is 0 Å². The first kappa shape index (κ1) is 16.1. The Kier molecular flexibility index (Phi) is 4.83. The molecule has 0 aliphatic carbocycles. The molecular formula is C11H11F3N2O3S. The molecule has 1 N–H and O–H groups in total. The molecule has 1 aromatic rings. The Labute approximate surface area is 114 Å². The van der Waals surface area contributed by atoms with E-state index in [0.29, 0.717) is 0 Å². The number of nitrogens with zero attached hydrogens (tertiary/aromatic N) is 1. The van der Waals surface area contributed by atoms with E-state index < -0.39 is 27.4 Å². The van der Waals surface area contributed by atoms with E-state index in [-0.39, 0.29) is 12.1 Å². The van der Waals surface area contributed by atoms with Crippen LogP contribution in [-0.4, -0.2) is 20.0 Å². The number of ether oxygens (including phenoxy) is 1. The quantitative estimate of drug-likeness (QED) is 0.907. The number of hydrogen-bond donors (Lipinski definition) is 1. The largest absolute Gasteiger partial charge is 0.573 e. The first-order valence-corrected chi connectivity index (χ1v) is 6.99. The lowest BCUT2D eigenvalue weighted by Crippen LogP contribution is -2.25. The minimum atomic E-state index is -4.81. The van der Waals surface area contributed by atoms with E-state index in [1.54, 1.807) is 6.07 Å². The van der Waals surface area contributed by atoms with Crippen LogP contribution >= 0.6 is 0 Å². The number of halogens is 3. The van der Waals surface area contributed by atoms with Gasteiger partial charge in [-0.1, -0.05) is 6.92 Å². The summed E-state index contributed by atoms with van der Waals surface area (Å²) in [6, 6.07) is 5.80. The fourth-order valence-electron chi connectivity index (χ4n) is 1.34. The van der Waals surface area contributed by atoms with Gasteiger partial charge in [-0.2, -0.15) is 5.26 Å². The lowest BCUT2D eigenvalue weighted by Gasteiger charge is -2.12. The summed E-state index contributed by atoms with van der Waals surface area (Å²) >= 11 is 0. The van der Waals surface area contributed by atoms with Gasteiger partial charge in [0.05, 0.1) is 6.07 Å². The summed E-state index contributed by atoms with van der Waals surface area (Å²) in [5.74, 6) is -0.465. The Bertz CT molecular complexity index is 591. The Balaban J connectivity index is 2.83. The highest BCUT2D eigenvalue weighted by molar-refractivity contribution is 7.93. The number of hydrogen-bond acceptors (Lipinski definition) is 4. The van der Waals surface area contributed by atoms with Gasteiger partial charge in [-0.15, -0.1) is 13.2 Å². The van der Waals surface area contributed by atoms with Crippen molar-refractivity contribution in [3.63, 3.8) is 0 Å². The van der Waals surface area contributed by atoms with Gasteiger partial charge in [0.1, 0.15) is 5.75 Å². The van der Waals surface area contributed by atoms with E-state index in [1.807, 2.05) is 0 Å². The average molecular weight is 308 g/mol. The number of rotatable bonds is 5. The molecule has 0 saturated heterocycles. The van der Waals surface area contributed by atoms with Crippen LogP contribution in [-0.2, 0) is 10.0 Å². The molecule has 0 spiro atoms. The van der Waals surface area contributed by atoms with E-state index in [2.05, 4.69) is 9.46 Å². The van der Waals surface area contributed by atoms with E-state index >= 15 is 0 Å². The number of alkyl halides is 3. The fraction of sp³-hybridized carbons (Fsp3) is 0.364. The number of nitriles is 1. The van der Waals surface area contributed by atoms with Crippen LogP contribution in [0.5, 0.6) is 5.75 Å². The molecule has 0 bridgehead atoms. The third kappa shape index (κ3) is 4.62. The predicted octanol–water partition coefficient (Wildman–Crippen LogP) is 2.63. The molecular weight excluding hydrogens is 297 g/mol. The maximum atomic E-state index is 11.9. The third-order valence-corrected chi connectivity index (χ3v) is 3.95. The molecule has 1 aromatic carbocycles. The first-order valence-electron chi connectivity index (χ1n) is 5.45. The van der Waals surface area contributed by atoms with Crippen LogP contribution in [0.4, 0.5) is 18.9 Å². The summed E-state index contributed by atoms with van der Waals surface area (Å²) in [5, 5.41) is 7.47. The fourth-order valence-corrected chi connectivity index (χ4v) is 2.52. The van der Waals surface area contributed by atoms with E-state index in [9.17, 15) is 21.6 Å². The number of sulfonamides is 1. The average Bonchev–Trinajstić information content (AvgIpc) is 2.30. The van der Waals surface area contributed by atoms with Crippen molar-refractivity contribution in [1.82, 2.24) is 0 Å². The molecule has 0 fully saturated rings. The number of benzene rings is 1. The van der Waals surface area contributed by atoms with Gasteiger partial charge in [0.25, 0.3) is 0 Å². The van der Waals surface area contributed by atoms with Gasteiger partial charge in [0.2, 0.25) is 10.0 Å². The molecule has 5 nitrogen and oxygen atoms in total. The van der Waals surface area contributed by atoms with Gasteiger partial charge in [0, 0.05) is 5.69 Å². The molecule has 1 unspecified atom stereocenters. The van der Waals surface area contributed by atoms with Crippen molar-refractivity contribution in [2.24, 2.45) is 0 Å². The second-order valence-electron chi connectivity index (χ2n) is 3.75. The van der Waals surface area contributed by atoms with Gasteiger partial charge in [-0.3, -0.25) is 4.72 Å². The molecule has 0 aliphatic heterocycles. The zero-order chi connectivity index (χ0) is 15.4. The van der Waals surface area contributed by atoms with Crippen molar-refractivity contribution in [2.75, 3.05) is 4.72 Å². The molecule has 0 amide bonds. The number of nitrogens with one attached hydrogen (secondary N) is 1. The monoisotopic (exact) mass is 308 g/mol. The smallest absolute Gasteiger partial charge is 0.406 e. The maximum absolute atomic E-state index is 11.9. The number of anilines is 1. The van der Waals surface area contributed by atoms with E-state index in [4.69, 9.17) is 5.26 Å². The lowest BCUT2D eigenvalue weighted by molar-refractivity contribution is -0.274. The molecule has 110 valence electrons. The van der Waals surface area contributed by atoms with Crippen LogP contribution in [0.15, 0.2) is 24.3 Å². The first-order chi connectivity index (χ1) is 9.18. The van der Waals surface area contributed by atoms with E-state index in [0.717, 1.165) is 24.3 Å². The SMILES string of the molecule is CCC(C#N)S(=O)(=O)Nc1ccc(OC(F)(F)F)cc1. The van der Waals surface area contributed by atoms with Crippen molar-refractivity contribution in [2.45, 2.75) is 25.0 Å². The zero-order valence-corrected chi connectivity index (χ0v) is 11.1. The Morgan fingerprint density at radius 1 is 1.35 bits per heavy atom. The van der Waals surface area contributed by atoms with Gasteiger partial charge in [0.15, 0.2) is 5.25 Å². The maximum Gasteiger partial charge on any atom is 0.573 e. The second-order valence-corrected chi connectivity index (χ2v) is 5.61. The summed E-state index contributed by atoms with van der Waals surface area (Å²) < 4.78 is 65.1. The summed E-state index contributed by atoms with van der Waals surface area (Å²) in [6.07, 6.45) is -4.71. The van der Waals surface area contributed by atoms with Crippen LogP contribution in [0.25, 0.3) is 0 Å². The van der Waals surface area contributed by atoms with Gasteiger partial charge < -0.3 is 4.74 Å². The van der Waals surface area contributed by atoms with Crippen molar-refractivity contribution in [1.29, 1.82) is 5.26 Å². The summed E-state index contributed by atoms with van der Waals surface area (Å²) in [5.41, 5.74) is 0.0493. The molecule has 9 heteroatoms. The normalized spacial score (nSPS) is 13.3. The minimum absolute atomic E-state index is 0.0493. The minimum Gasteiger partial charge on any atom is -0.406 e. The summed E-state index contributed by atoms with van der Waals surface area (Å²) in [6.45, 7) is 1.54. The topological polar surface area (TPSA) is 79.2 Å². The summed E-state index contributed by atoms with van der Waals surface area (Å²) in [7, 11) is -3.90. The van der Waals surface area contributed by atoms with Crippen molar-refractivity contribution < 1.29 is 26.3 Å². The van der Waals surface area contributed by atoms with Crippen LogP contribution in [0.1, 0.15) is 13.3 Å². The van der Waals surface area contributed by atoms with Crippen molar-refractivity contribution in [3.8, 4) is 11.8 Å². The second kappa shape index (κ2) is 6.00. The van der Waals surface area contributed by atoms with Gasteiger partial charge in [-0.05, 0) is 30.7 Å². The highest BCUT2D eigenvalue weighted by Crippen LogP contribution is 2.24. The van der Waals surface area contributed by atoms with Crippen LogP contribution in [0.3, 0.4) is 0 Å². The molecule has 0 radical (unpaired) electrons. The molecule has 0 saturated carbocycles. The summed E-state index contributed by atoms with van der Waals surface area (Å²) in [4.78, 5) is 0. The Hall–Kier alpha value is -1.95. The standard InChI is InChI=1S/C11H11F3N2O3S/c1-2-10(7-15)20(17,18)16-8-3-5-9(6-4-8)19-11(12,13)14/h3-6,10,16H,2H2,1H3. The predicted molar refractivity (Wildman–Crippen MR) is 65.4 cm³/mol. The lowest BCUT2D eigenvalue weighted by atomic mass is 10.3. The molecule has 20 heavy (non-hydrogen) atoms. The molecule has 1 rings (SSSR count). The van der Waals surface area contributed by atoms with Crippen molar-refractivity contribution in [3.05, 3.63) is 24.3 Å². The third-order valence-electron chi connectivity index (χ3n) is 2.24. The highest BCUT2D eigenvalue weighted by Gasteiger charge is 2.31. The van der Waals surface area contributed by atoms with Crippen molar-refractivity contribution >= 4 is 15.7 Å². The Morgan fingerprint density at radius 2 is 1.90 bits per heavy atom. The van der Waals surface area contributed by atoms with Crippen LogP contribution in [0, 0.1) is 11.3 Å². The van der Waals surface area contributed by atoms with Crippen LogP contribution < -0.4 is 9.46 Å². The van der Waals surface area contributed by atoms with Gasteiger partial charge in [-0.25, -0.2) is 8.42 Å². The molecule has 0 aromatic heterocycles. The van der Waals surface area contributed by atoms with E-state index in [1.165, 1.54) is 6.92 Å². The molecule has 0 aliphatic rings. The Morgan fingerprint density at radius 3 is 2.30 bits per heavy atom. The van der Waals surface area contributed by atoms with Gasteiger partial charge >= 0.3 is 6.36 Å². The highest BCUT2D eigenvalue weighted by atomic mass is 32.2. The zero-order valence-electron chi connectivity index (χ0n) is 10.3. The molecule has 0 heterocycles.